The summed E-state index contributed by atoms with van der Waals surface area (Å²) in [7, 11) is 1.44. The lowest BCUT2D eigenvalue weighted by Gasteiger charge is -2.35. The van der Waals surface area contributed by atoms with E-state index >= 15 is 0 Å². The van der Waals surface area contributed by atoms with Crippen LogP contribution in [0.3, 0.4) is 0 Å². The lowest BCUT2D eigenvalue weighted by molar-refractivity contribution is -0.178. The third-order valence-electron chi connectivity index (χ3n) is 4.40. The number of hydrogen-bond donors (Lipinski definition) is 2. The minimum absolute atomic E-state index is 0.0362. The summed E-state index contributed by atoms with van der Waals surface area (Å²) in [6.45, 7) is 3.59. The van der Waals surface area contributed by atoms with Crippen molar-refractivity contribution in [3.63, 3.8) is 0 Å². The van der Waals surface area contributed by atoms with Crippen LogP contribution in [-0.2, 0) is 38.2 Å². The van der Waals surface area contributed by atoms with Gasteiger partial charge in [-0.15, -0.1) is 0 Å². The highest BCUT2D eigenvalue weighted by Gasteiger charge is 2.58. The highest BCUT2D eigenvalue weighted by molar-refractivity contribution is 6.13. The predicted molar refractivity (Wildman–Crippen MR) is 88.3 cm³/mol. The van der Waals surface area contributed by atoms with Crippen molar-refractivity contribution in [2.45, 2.75) is 39.5 Å². The van der Waals surface area contributed by atoms with Gasteiger partial charge in [0.1, 0.15) is 11.6 Å². The molecule has 0 heterocycles. The maximum absolute atomic E-state index is 11.5. The molecule has 2 saturated carbocycles. The third kappa shape index (κ3) is 4.32. The largest absolute Gasteiger partial charge is 0.480 e. The molecule has 0 spiro atoms. The average molecular weight is 385 g/mol. The molecule has 0 bridgehead atoms. The second-order valence-corrected chi connectivity index (χ2v) is 6.27. The van der Waals surface area contributed by atoms with Crippen LogP contribution in [0.4, 0.5) is 0 Å². The van der Waals surface area contributed by atoms with Crippen LogP contribution in [0.5, 0.6) is 0 Å². The number of rotatable bonds is 6. The van der Waals surface area contributed by atoms with Gasteiger partial charge in [-0.25, -0.2) is 0 Å². The maximum atomic E-state index is 11.5. The molecular weight excluding hydrogens is 362 g/mol. The quantitative estimate of drug-likeness (QED) is 0.460. The topological polar surface area (TPSA) is 153 Å². The summed E-state index contributed by atoms with van der Waals surface area (Å²) >= 11 is 0. The van der Waals surface area contributed by atoms with Crippen molar-refractivity contribution in [2.75, 3.05) is 20.3 Å². The molecule has 2 aliphatic rings. The minimum Gasteiger partial charge on any atom is -0.480 e. The van der Waals surface area contributed by atoms with Crippen molar-refractivity contribution in [1.29, 1.82) is 0 Å². The molecule has 0 aliphatic heterocycles. The van der Waals surface area contributed by atoms with Crippen LogP contribution in [0.25, 0.3) is 0 Å². The number of amides is 1. The molecule has 27 heavy (non-hydrogen) atoms. The Bertz CT molecular complexity index is 651. The van der Waals surface area contributed by atoms with E-state index in [1.54, 1.807) is 13.8 Å². The molecular formula is C17H23NO9. The first kappa shape index (κ1) is 22.3. The summed E-state index contributed by atoms with van der Waals surface area (Å²) in [5.74, 6) is -3.40. The fourth-order valence-electron chi connectivity index (χ4n) is 2.80. The Labute approximate surface area is 155 Å². The van der Waals surface area contributed by atoms with E-state index in [0.717, 1.165) is 0 Å². The van der Waals surface area contributed by atoms with Gasteiger partial charge in [-0.2, -0.15) is 0 Å². The van der Waals surface area contributed by atoms with Crippen molar-refractivity contribution in [2.24, 2.45) is 10.8 Å². The molecule has 150 valence electrons. The molecule has 2 fully saturated rings. The molecule has 2 aliphatic carbocycles. The molecule has 0 radical (unpaired) electrons. The zero-order valence-electron chi connectivity index (χ0n) is 15.5. The van der Waals surface area contributed by atoms with Gasteiger partial charge in [-0.05, 0) is 13.8 Å². The van der Waals surface area contributed by atoms with Crippen LogP contribution >= 0.6 is 0 Å². The van der Waals surface area contributed by atoms with Crippen LogP contribution < -0.4 is 5.32 Å². The zero-order valence-corrected chi connectivity index (χ0v) is 15.5. The lowest BCUT2D eigenvalue weighted by atomic mass is 9.67. The minimum atomic E-state index is -1.59. The van der Waals surface area contributed by atoms with E-state index in [1.807, 2.05) is 0 Å². The van der Waals surface area contributed by atoms with E-state index in [2.05, 4.69) is 10.1 Å². The van der Waals surface area contributed by atoms with Crippen molar-refractivity contribution in [1.82, 2.24) is 5.32 Å². The third-order valence-corrected chi connectivity index (χ3v) is 4.40. The molecule has 10 heteroatoms. The molecule has 0 atom stereocenters. The number of ether oxygens (including phenoxy) is 2. The van der Waals surface area contributed by atoms with Crippen LogP contribution in [0.15, 0.2) is 0 Å². The zero-order chi connectivity index (χ0) is 20.8. The van der Waals surface area contributed by atoms with Crippen LogP contribution in [-0.4, -0.2) is 60.7 Å². The number of aliphatic carboxylic acids is 1. The van der Waals surface area contributed by atoms with Gasteiger partial charge in [0.25, 0.3) is 0 Å². The Hall–Kier alpha value is -2.78. The summed E-state index contributed by atoms with van der Waals surface area (Å²) in [5.41, 5.74) is -2.84. The molecule has 0 aromatic heterocycles. The molecule has 0 aromatic carbocycles. The van der Waals surface area contributed by atoms with Gasteiger partial charge in [0.15, 0.2) is 10.8 Å². The molecule has 0 saturated heterocycles. The monoisotopic (exact) mass is 385 g/mol. The Balaban J connectivity index is 0.000000271. The highest BCUT2D eigenvalue weighted by atomic mass is 16.5. The summed E-state index contributed by atoms with van der Waals surface area (Å²) in [6, 6.07) is 0. The number of hydrogen-bond acceptors (Lipinski definition) is 8. The smallest absolute Gasteiger partial charge is 0.324 e. The number of Topliss-reactive ketones (excluding diaryl/α,β-unsaturated/α-hetero) is 2. The second kappa shape index (κ2) is 8.74. The van der Waals surface area contributed by atoms with E-state index < -0.39 is 34.6 Å². The molecule has 0 unspecified atom stereocenters. The van der Waals surface area contributed by atoms with Crippen molar-refractivity contribution >= 4 is 35.4 Å². The van der Waals surface area contributed by atoms with Crippen molar-refractivity contribution < 1.29 is 43.3 Å². The highest BCUT2D eigenvalue weighted by Crippen LogP contribution is 2.40. The Morgan fingerprint density at radius 1 is 0.889 bits per heavy atom. The normalized spacial score (nSPS) is 18.6. The summed E-state index contributed by atoms with van der Waals surface area (Å²) in [5, 5.41) is 11.1. The number of carbonyl (C=O) groups excluding carboxylic acids is 5. The Kier molecular flexibility index (Phi) is 7.21. The number of esters is 2. The molecule has 1 amide bonds. The molecule has 0 aromatic rings. The van der Waals surface area contributed by atoms with Gasteiger partial charge in [0, 0.05) is 32.7 Å². The van der Waals surface area contributed by atoms with Gasteiger partial charge in [0.05, 0.1) is 13.2 Å². The summed E-state index contributed by atoms with van der Waals surface area (Å²) in [4.78, 5) is 66.3. The Morgan fingerprint density at radius 2 is 1.26 bits per heavy atom. The van der Waals surface area contributed by atoms with Crippen LogP contribution in [0, 0.1) is 10.8 Å². The van der Waals surface area contributed by atoms with Crippen LogP contribution in [0.1, 0.15) is 39.5 Å². The van der Waals surface area contributed by atoms with Crippen LogP contribution in [0.2, 0.25) is 0 Å². The van der Waals surface area contributed by atoms with Gasteiger partial charge in [-0.1, -0.05) is 0 Å². The number of nitrogens with one attached hydrogen (secondary N) is 1. The first-order valence-electron chi connectivity index (χ1n) is 8.43. The van der Waals surface area contributed by atoms with Gasteiger partial charge in [0.2, 0.25) is 5.91 Å². The van der Waals surface area contributed by atoms with Crippen molar-refractivity contribution in [3.8, 4) is 0 Å². The first-order chi connectivity index (χ1) is 12.6. The SMILES string of the molecule is CCOC(=O)C1(C(=O)NC)CC(=O)C1.CCOC(=O)C1(C(=O)O)CC(=O)C1. The fraction of sp³-hybridized carbons (Fsp3) is 0.647. The van der Waals surface area contributed by atoms with Gasteiger partial charge >= 0.3 is 17.9 Å². The van der Waals surface area contributed by atoms with E-state index in [4.69, 9.17) is 9.84 Å². The first-order valence-corrected chi connectivity index (χ1v) is 8.43. The number of carbonyl (C=O) groups is 6. The molecule has 2 rings (SSSR count). The van der Waals surface area contributed by atoms with E-state index in [9.17, 15) is 28.8 Å². The average Bonchev–Trinajstić information content (AvgIpc) is 2.55. The number of ketones is 2. The second-order valence-electron chi connectivity index (χ2n) is 6.27. The standard InChI is InChI=1S/C9H13NO4.C8H10O5/c1-3-14-8(13)9(7(12)10-2)4-6(11)5-9;1-2-13-7(12)8(6(10)11)3-5(9)4-8/h3-5H2,1-2H3,(H,10,12);2-4H2,1H3,(H,10,11). The maximum Gasteiger partial charge on any atom is 0.324 e. The van der Waals surface area contributed by atoms with E-state index in [0.29, 0.717) is 0 Å². The lowest BCUT2D eigenvalue weighted by Crippen LogP contribution is -2.55. The summed E-state index contributed by atoms with van der Waals surface area (Å²) < 4.78 is 9.36. The van der Waals surface area contributed by atoms with Gasteiger partial charge < -0.3 is 19.9 Å². The van der Waals surface area contributed by atoms with E-state index in [-0.39, 0.29) is 50.5 Å². The number of carboxylic acids is 1. The van der Waals surface area contributed by atoms with Crippen molar-refractivity contribution in [3.05, 3.63) is 0 Å². The predicted octanol–water partition coefficient (Wildman–Crippen LogP) is -0.372. The van der Waals surface area contributed by atoms with Gasteiger partial charge in [-0.3, -0.25) is 28.8 Å². The Morgan fingerprint density at radius 3 is 1.56 bits per heavy atom. The fourth-order valence-corrected chi connectivity index (χ4v) is 2.80. The molecule has 2 N–H and O–H groups in total. The molecule has 10 nitrogen and oxygen atoms in total. The summed E-state index contributed by atoms with van der Waals surface area (Å²) in [6.07, 6.45) is -0.542. The van der Waals surface area contributed by atoms with E-state index in [1.165, 1.54) is 7.05 Å². The number of carboxylic acid groups (broad SMARTS) is 1.